The lowest BCUT2D eigenvalue weighted by Gasteiger charge is -2.30. The molecule has 1 aromatic rings. The summed E-state index contributed by atoms with van der Waals surface area (Å²) in [5.74, 6) is 0.543. The number of nitrogens with one attached hydrogen (secondary N) is 1. The van der Waals surface area contributed by atoms with Gasteiger partial charge in [-0.25, -0.2) is 0 Å². The molecular weight excluding hydrogens is 282 g/mol. The van der Waals surface area contributed by atoms with Gasteiger partial charge in [-0.15, -0.1) is 0 Å². The van der Waals surface area contributed by atoms with E-state index in [0.717, 1.165) is 25.9 Å². The van der Waals surface area contributed by atoms with Crippen LogP contribution in [0.15, 0.2) is 18.2 Å². The van der Waals surface area contributed by atoms with Crippen molar-refractivity contribution >= 4 is 23.2 Å². The lowest BCUT2D eigenvalue weighted by molar-refractivity contribution is -0.125. The van der Waals surface area contributed by atoms with E-state index in [1.165, 1.54) is 0 Å². The number of benzene rings is 1. The molecule has 2 aliphatic heterocycles. The van der Waals surface area contributed by atoms with Gasteiger partial charge in [0.25, 0.3) is 5.91 Å². The standard InChI is InChI=1S/C16H21N3O3/c1-11-16(21)18(2)13-9-12(5-6-14(13)22-11)17-15(20)10-19-7-3-4-8-19/h5-6,9,11H,3-4,7-8,10H2,1-2H3,(H,17,20). The zero-order chi connectivity index (χ0) is 15.7. The Kier molecular flexibility index (Phi) is 4.02. The van der Waals surface area contributed by atoms with Crippen molar-refractivity contribution in [2.45, 2.75) is 25.9 Å². The van der Waals surface area contributed by atoms with Crippen LogP contribution in [0.3, 0.4) is 0 Å². The van der Waals surface area contributed by atoms with Crippen LogP contribution in [0, 0.1) is 0 Å². The topological polar surface area (TPSA) is 61.9 Å². The first-order valence-corrected chi connectivity index (χ1v) is 7.65. The molecule has 1 unspecified atom stereocenters. The lowest BCUT2D eigenvalue weighted by Crippen LogP contribution is -2.42. The first-order valence-electron chi connectivity index (χ1n) is 7.65. The van der Waals surface area contributed by atoms with Crippen molar-refractivity contribution in [2.24, 2.45) is 0 Å². The number of likely N-dealkylation sites (N-methyl/N-ethyl adjacent to an activating group) is 1. The molecule has 0 spiro atoms. The summed E-state index contributed by atoms with van der Waals surface area (Å²) < 4.78 is 5.57. The molecule has 2 amide bonds. The maximum absolute atomic E-state index is 12.1. The summed E-state index contributed by atoms with van der Waals surface area (Å²) in [5.41, 5.74) is 1.36. The van der Waals surface area contributed by atoms with Gasteiger partial charge in [0.15, 0.2) is 6.10 Å². The minimum atomic E-state index is -0.479. The molecular formula is C16H21N3O3. The molecule has 118 valence electrons. The van der Waals surface area contributed by atoms with Crippen LogP contribution in [-0.4, -0.2) is 49.5 Å². The van der Waals surface area contributed by atoms with E-state index in [0.29, 0.717) is 23.7 Å². The zero-order valence-corrected chi connectivity index (χ0v) is 13.0. The second-order valence-corrected chi connectivity index (χ2v) is 5.87. The molecule has 2 heterocycles. The Labute approximate surface area is 130 Å². The van der Waals surface area contributed by atoms with E-state index >= 15 is 0 Å². The van der Waals surface area contributed by atoms with E-state index in [2.05, 4.69) is 10.2 Å². The third-order valence-corrected chi connectivity index (χ3v) is 4.15. The number of carbonyl (C=O) groups is 2. The van der Waals surface area contributed by atoms with Crippen LogP contribution in [0.1, 0.15) is 19.8 Å². The van der Waals surface area contributed by atoms with Crippen molar-refractivity contribution in [3.05, 3.63) is 18.2 Å². The second kappa shape index (κ2) is 5.96. The normalized spacial score (nSPS) is 21.5. The van der Waals surface area contributed by atoms with Gasteiger partial charge in [-0.05, 0) is 51.1 Å². The van der Waals surface area contributed by atoms with Gasteiger partial charge in [0.05, 0.1) is 12.2 Å². The van der Waals surface area contributed by atoms with E-state index < -0.39 is 6.10 Å². The predicted molar refractivity (Wildman–Crippen MR) is 84.2 cm³/mol. The van der Waals surface area contributed by atoms with Crippen LogP contribution in [0.4, 0.5) is 11.4 Å². The number of likely N-dealkylation sites (tertiary alicyclic amines) is 1. The molecule has 6 heteroatoms. The van der Waals surface area contributed by atoms with Crippen molar-refractivity contribution < 1.29 is 14.3 Å². The van der Waals surface area contributed by atoms with Crippen LogP contribution in [0.2, 0.25) is 0 Å². The van der Waals surface area contributed by atoms with Crippen molar-refractivity contribution in [1.82, 2.24) is 4.90 Å². The third-order valence-electron chi connectivity index (χ3n) is 4.15. The summed E-state index contributed by atoms with van der Waals surface area (Å²) in [6, 6.07) is 5.37. The summed E-state index contributed by atoms with van der Waals surface area (Å²) in [5, 5.41) is 2.89. The van der Waals surface area contributed by atoms with Gasteiger partial charge < -0.3 is 15.0 Å². The van der Waals surface area contributed by atoms with Crippen molar-refractivity contribution in [1.29, 1.82) is 0 Å². The Hall–Kier alpha value is -2.08. The van der Waals surface area contributed by atoms with Crippen LogP contribution >= 0.6 is 0 Å². The number of amides is 2. The first-order chi connectivity index (χ1) is 10.5. The van der Waals surface area contributed by atoms with Crippen LogP contribution in [0.5, 0.6) is 5.75 Å². The molecule has 1 aromatic carbocycles. The van der Waals surface area contributed by atoms with Gasteiger partial charge in [-0.2, -0.15) is 0 Å². The summed E-state index contributed by atoms with van der Waals surface area (Å²) in [7, 11) is 1.72. The highest BCUT2D eigenvalue weighted by Crippen LogP contribution is 2.35. The molecule has 0 radical (unpaired) electrons. The number of hydrogen-bond donors (Lipinski definition) is 1. The zero-order valence-electron chi connectivity index (χ0n) is 13.0. The fourth-order valence-electron chi connectivity index (χ4n) is 2.93. The molecule has 0 bridgehead atoms. The van der Waals surface area contributed by atoms with Gasteiger partial charge in [0, 0.05) is 12.7 Å². The summed E-state index contributed by atoms with van der Waals surface area (Å²) >= 11 is 0. The highest BCUT2D eigenvalue weighted by atomic mass is 16.5. The van der Waals surface area contributed by atoms with Crippen molar-refractivity contribution in [3.63, 3.8) is 0 Å². The Morgan fingerprint density at radius 2 is 2.09 bits per heavy atom. The van der Waals surface area contributed by atoms with E-state index in [4.69, 9.17) is 4.74 Å². The highest BCUT2D eigenvalue weighted by Gasteiger charge is 2.29. The number of anilines is 2. The Morgan fingerprint density at radius 3 is 2.82 bits per heavy atom. The predicted octanol–water partition coefficient (Wildman–Crippen LogP) is 1.46. The smallest absolute Gasteiger partial charge is 0.267 e. The minimum Gasteiger partial charge on any atom is -0.479 e. The number of fused-ring (bicyclic) bond motifs is 1. The summed E-state index contributed by atoms with van der Waals surface area (Å²) in [4.78, 5) is 27.7. The molecule has 1 fully saturated rings. The molecule has 0 aliphatic carbocycles. The van der Waals surface area contributed by atoms with Gasteiger partial charge >= 0.3 is 0 Å². The van der Waals surface area contributed by atoms with Gasteiger partial charge in [-0.1, -0.05) is 0 Å². The molecule has 1 saturated heterocycles. The maximum Gasteiger partial charge on any atom is 0.267 e. The van der Waals surface area contributed by atoms with Crippen molar-refractivity contribution in [2.75, 3.05) is 36.9 Å². The summed E-state index contributed by atoms with van der Waals surface area (Å²) in [6.45, 7) is 4.12. The lowest BCUT2D eigenvalue weighted by atomic mass is 10.2. The first kappa shape index (κ1) is 14.8. The van der Waals surface area contributed by atoms with Crippen LogP contribution in [-0.2, 0) is 9.59 Å². The average Bonchev–Trinajstić information content (AvgIpc) is 2.98. The third kappa shape index (κ3) is 2.92. The van der Waals surface area contributed by atoms with Crippen LogP contribution < -0.4 is 15.0 Å². The molecule has 6 nitrogen and oxygen atoms in total. The molecule has 1 atom stereocenters. The summed E-state index contributed by atoms with van der Waals surface area (Å²) in [6.07, 6.45) is 1.84. The Morgan fingerprint density at radius 1 is 1.36 bits per heavy atom. The molecule has 0 aromatic heterocycles. The van der Waals surface area contributed by atoms with Gasteiger partial charge in [0.1, 0.15) is 5.75 Å². The van der Waals surface area contributed by atoms with E-state index in [9.17, 15) is 9.59 Å². The van der Waals surface area contributed by atoms with E-state index in [1.807, 2.05) is 0 Å². The molecule has 3 rings (SSSR count). The number of nitrogens with zero attached hydrogens (tertiary/aromatic N) is 2. The minimum absolute atomic E-state index is 0.0269. The Bertz CT molecular complexity index is 596. The highest BCUT2D eigenvalue weighted by molar-refractivity contribution is 6.00. The number of hydrogen-bond acceptors (Lipinski definition) is 4. The van der Waals surface area contributed by atoms with E-state index in [1.54, 1.807) is 37.1 Å². The molecule has 0 saturated carbocycles. The second-order valence-electron chi connectivity index (χ2n) is 5.87. The molecule has 1 N–H and O–H groups in total. The maximum atomic E-state index is 12.1. The number of ether oxygens (including phenoxy) is 1. The van der Waals surface area contributed by atoms with Gasteiger partial charge in [0.2, 0.25) is 5.91 Å². The molecule has 22 heavy (non-hydrogen) atoms. The largest absolute Gasteiger partial charge is 0.479 e. The van der Waals surface area contributed by atoms with Gasteiger partial charge in [-0.3, -0.25) is 14.5 Å². The van der Waals surface area contributed by atoms with Crippen molar-refractivity contribution in [3.8, 4) is 5.75 Å². The number of carbonyl (C=O) groups excluding carboxylic acids is 2. The quantitative estimate of drug-likeness (QED) is 0.918. The average molecular weight is 303 g/mol. The monoisotopic (exact) mass is 303 g/mol. The number of rotatable bonds is 3. The van der Waals surface area contributed by atoms with Crippen LogP contribution in [0.25, 0.3) is 0 Å². The SMILES string of the molecule is CC1Oc2ccc(NC(=O)CN3CCCC3)cc2N(C)C1=O. The van der Waals surface area contributed by atoms with E-state index in [-0.39, 0.29) is 11.8 Å². The molecule has 2 aliphatic rings. The Balaban J connectivity index is 1.70. The fourth-order valence-corrected chi connectivity index (χ4v) is 2.93. The fraction of sp³-hybridized carbons (Fsp3) is 0.500.